The van der Waals surface area contributed by atoms with Crippen LogP contribution >= 0.6 is 12.4 Å². The first kappa shape index (κ1) is 11.9. The first-order valence-electron chi connectivity index (χ1n) is 3.77. The van der Waals surface area contributed by atoms with Crippen molar-refractivity contribution in [3.8, 4) is 0 Å². The first-order valence-corrected chi connectivity index (χ1v) is 3.77. The molecule has 0 spiro atoms. The van der Waals surface area contributed by atoms with E-state index in [1.54, 1.807) is 7.05 Å². The Morgan fingerprint density at radius 3 is 2.31 bits per heavy atom. The van der Waals surface area contributed by atoms with E-state index in [1.165, 1.54) is 0 Å². The van der Waals surface area contributed by atoms with Crippen LogP contribution in [0.3, 0.4) is 0 Å². The second-order valence-electron chi connectivity index (χ2n) is 2.53. The van der Waals surface area contributed by atoms with Crippen LogP contribution in [-0.4, -0.2) is 13.0 Å². The van der Waals surface area contributed by atoms with Gasteiger partial charge in [-0.25, -0.2) is 0 Å². The molecular weight excluding hydrogens is 188 g/mol. The van der Waals surface area contributed by atoms with Crippen LogP contribution in [0.5, 0.6) is 0 Å². The van der Waals surface area contributed by atoms with Crippen molar-refractivity contribution in [1.82, 2.24) is 5.32 Å². The van der Waals surface area contributed by atoms with Crippen molar-refractivity contribution in [1.29, 1.82) is 0 Å². The van der Waals surface area contributed by atoms with Gasteiger partial charge in [-0.3, -0.25) is 4.79 Å². The van der Waals surface area contributed by atoms with Crippen molar-refractivity contribution in [3.05, 3.63) is 35.9 Å². The lowest BCUT2D eigenvalue weighted by Crippen LogP contribution is -2.31. The maximum Gasteiger partial charge on any atom is 0.239 e. The minimum Gasteiger partial charge on any atom is -0.368 e. The van der Waals surface area contributed by atoms with Gasteiger partial charge in [-0.1, -0.05) is 30.3 Å². The fourth-order valence-electron chi connectivity index (χ4n) is 1.12. The van der Waals surface area contributed by atoms with E-state index >= 15 is 0 Å². The van der Waals surface area contributed by atoms with Crippen LogP contribution in [0.15, 0.2) is 30.3 Å². The van der Waals surface area contributed by atoms with Gasteiger partial charge in [0.2, 0.25) is 5.91 Å². The van der Waals surface area contributed by atoms with E-state index in [0.717, 1.165) is 5.56 Å². The van der Waals surface area contributed by atoms with E-state index in [0.29, 0.717) is 0 Å². The number of nitrogens with one attached hydrogen (secondary N) is 1. The normalized spacial score (nSPS) is 11.5. The highest BCUT2D eigenvalue weighted by atomic mass is 35.5. The fraction of sp³-hybridized carbons (Fsp3) is 0.222. The Balaban J connectivity index is 0.00000144. The number of carbonyl (C=O) groups is 1. The number of carbonyl (C=O) groups excluding carboxylic acids is 1. The predicted octanol–water partition coefficient (Wildman–Crippen LogP) is 0.854. The molecule has 3 N–H and O–H groups in total. The lowest BCUT2D eigenvalue weighted by atomic mass is 10.1. The van der Waals surface area contributed by atoms with Gasteiger partial charge in [0, 0.05) is 0 Å². The topological polar surface area (TPSA) is 55.1 Å². The number of benzene rings is 1. The van der Waals surface area contributed by atoms with E-state index in [1.807, 2.05) is 30.3 Å². The molecule has 0 saturated carbocycles. The summed E-state index contributed by atoms with van der Waals surface area (Å²) in [5.41, 5.74) is 6.07. The van der Waals surface area contributed by atoms with Crippen molar-refractivity contribution in [3.63, 3.8) is 0 Å². The quantitative estimate of drug-likeness (QED) is 0.761. The van der Waals surface area contributed by atoms with Gasteiger partial charge in [-0.05, 0) is 12.6 Å². The summed E-state index contributed by atoms with van der Waals surface area (Å²) in [6.45, 7) is 0. The van der Waals surface area contributed by atoms with Gasteiger partial charge in [0.1, 0.15) is 6.04 Å². The summed E-state index contributed by atoms with van der Waals surface area (Å²) in [6, 6.07) is 9.01. The molecule has 1 aromatic carbocycles. The van der Waals surface area contributed by atoms with E-state index in [9.17, 15) is 4.79 Å². The lowest BCUT2D eigenvalue weighted by molar-refractivity contribution is -0.120. The number of nitrogens with two attached hydrogens (primary N) is 1. The van der Waals surface area contributed by atoms with E-state index in [-0.39, 0.29) is 24.4 Å². The van der Waals surface area contributed by atoms with Gasteiger partial charge in [0.25, 0.3) is 0 Å². The third kappa shape index (κ3) is 3.05. The van der Waals surface area contributed by atoms with Crippen LogP contribution in [0.4, 0.5) is 0 Å². The van der Waals surface area contributed by atoms with Gasteiger partial charge in [-0.15, -0.1) is 12.4 Å². The highest BCUT2D eigenvalue weighted by Gasteiger charge is 2.13. The molecule has 1 unspecified atom stereocenters. The SMILES string of the molecule is CNC(C(N)=O)c1ccccc1.Cl. The summed E-state index contributed by atoms with van der Waals surface area (Å²) >= 11 is 0. The molecule has 0 fully saturated rings. The Kier molecular flexibility index (Phi) is 5.11. The molecule has 0 aliphatic heterocycles. The highest BCUT2D eigenvalue weighted by Crippen LogP contribution is 2.10. The summed E-state index contributed by atoms with van der Waals surface area (Å²) < 4.78 is 0. The molecule has 3 nitrogen and oxygen atoms in total. The average Bonchev–Trinajstić information content (AvgIpc) is 2.07. The summed E-state index contributed by atoms with van der Waals surface area (Å²) in [5, 5.41) is 2.84. The molecule has 13 heavy (non-hydrogen) atoms. The Morgan fingerprint density at radius 1 is 1.38 bits per heavy atom. The minimum atomic E-state index is -0.383. The summed E-state index contributed by atoms with van der Waals surface area (Å²) in [5.74, 6) is -0.358. The zero-order chi connectivity index (χ0) is 8.97. The lowest BCUT2D eigenvalue weighted by Gasteiger charge is -2.11. The highest BCUT2D eigenvalue weighted by molar-refractivity contribution is 5.85. The molecule has 0 aromatic heterocycles. The molecule has 4 heteroatoms. The van der Waals surface area contributed by atoms with Gasteiger partial charge in [0.15, 0.2) is 0 Å². The number of halogens is 1. The van der Waals surface area contributed by atoms with Crippen molar-refractivity contribution in [2.24, 2.45) is 5.73 Å². The molecule has 1 rings (SSSR count). The molecular formula is C9H13ClN2O. The first-order chi connectivity index (χ1) is 5.75. The molecule has 0 aliphatic carbocycles. The van der Waals surface area contributed by atoms with Crippen LogP contribution in [0.1, 0.15) is 11.6 Å². The van der Waals surface area contributed by atoms with E-state index < -0.39 is 0 Å². The van der Waals surface area contributed by atoms with E-state index in [4.69, 9.17) is 5.73 Å². The van der Waals surface area contributed by atoms with Gasteiger partial charge < -0.3 is 11.1 Å². The third-order valence-electron chi connectivity index (χ3n) is 1.71. The van der Waals surface area contributed by atoms with E-state index in [2.05, 4.69) is 5.32 Å². The Morgan fingerprint density at radius 2 is 1.92 bits per heavy atom. The zero-order valence-electron chi connectivity index (χ0n) is 7.36. The molecule has 1 amide bonds. The Hall–Kier alpha value is -1.06. The molecule has 0 radical (unpaired) electrons. The summed E-state index contributed by atoms with van der Waals surface area (Å²) in [7, 11) is 1.71. The number of hydrogen-bond donors (Lipinski definition) is 2. The summed E-state index contributed by atoms with van der Waals surface area (Å²) in [6.07, 6.45) is 0. The maximum atomic E-state index is 10.9. The van der Waals surface area contributed by atoms with Gasteiger partial charge in [0.05, 0.1) is 0 Å². The molecule has 0 heterocycles. The molecule has 0 saturated heterocycles. The zero-order valence-corrected chi connectivity index (χ0v) is 8.17. The molecule has 0 aliphatic rings. The monoisotopic (exact) mass is 200 g/mol. The molecule has 1 atom stereocenters. The Labute approximate surface area is 83.7 Å². The molecule has 0 bridgehead atoms. The van der Waals surface area contributed by atoms with Crippen LogP contribution in [0.2, 0.25) is 0 Å². The number of amides is 1. The summed E-state index contributed by atoms with van der Waals surface area (Å²) in [4.78, 5) is 10.9. The maximum absolute atomic E-state index is 10.9. The fourth-order valence-corrected chi connectivity index (χ4v) is 1.12. The number of primary amides is 1. The average molecular weight is 201 g/mol. The van der Waals surface area contributed by atoms with Crippen LogP contribution < -0.4 is 11.1 Å². The van der Waals surface area contributed by atoms with Crippen molar-refractivity contribution >= 4 is 18.3 Å². The van der Waals surface area contributed by atoms with Crippen molar-refractivity contribution < 1.29 is 4.79 Å². The molecule has 72 valence electrons. The second-order valence-corrected chi connectivity index (χ2v) is 2.53. The van der Waals surface area contributed by atoms with Gasteiger partial charge >= 0.3 is 0 Å². The van der Waals surface area contributed by atoms with Crippen LogP contribution in [0, 0.1) is 0 Å². The number of hydrogen-bond acceptors (Lipinski definition) is 2. The number of rotatable bonds is 3. The van der Waals surface area contributed by atoms with Crippen LogP contribution in [-0.2, 0) is 4.79 Å². The largest absolute Gasteiger partial charge is 0.368 e. The van der Waals surface area contributed by atoms with Crippen molar-refractivity contribution in [2.45, 2.75) is 6.04 Å². The van der Waals surface area contributed by atoms with Crippen molar-refractivity contribution in [2.75, 3.05) is 7.05 Å². The van der Waals surface area contributed by atoms with Crippen LogP contribution in [0.25, 0.3) is 0 Å². The molecule has 1 aromatic rings. The third-order valence-corrected chi connectivity index (χ3v) is 1.71. The predicted molar refractivity (Wildman–Crippen MR) is 54.7 cm³/mol. The number of likely N-dealkylation sites (N-methyl/N-ethyl adjacent to an activating group) is 1. The second kappa shape index (κ2) is 5.56. The van der Waals surface area contributed by atoms with Gasteiger partial charge in [-0.2, -0.15) is 0 Å². The Bertz CT molecular complexity index is 264. The standard InChI is InChI=1S/C9H12N2O.ClH/c1-11-8(9(10)12)7-5-3-2-4-6-7;/h2-6,8,11H,1H3,(H2,10,12);1H. The minimum absolute atomic E-state index is 0. The smallest absolute Gasteiger partial charge is 0.239 e.